The fourth-order valence-electron chi connectivity index (χ4n) is 3.73. The van der Waals surface area contributed by atoms with E-state index in [0.29, 0.717) is 11.3 Å². The van der Waals surface area contributed by atoms with Crippen molar-refractivity contribution in [3.63, 3.8) is 0 Å². The molecule has 0 amide bonds. The van der Waals surface area contributed by atoms with Gasteiger partial charge in [0.25, 0.3) is 0 Å². The minimum Gasteiger partial charge on any atom is -0.497 e. The number of ether oxygens (including phenoxy) is 2. The predicted octanol–water partition coefficient (Wildman–Crippen LogP) is 5.94. The largest absolute Gasteiger partial charge is 0.497 e. The first kappa shape index (κ1) is 17.9. The predicted molar refractivity (Wildman–Crippen MR) is 99.5 cm³/mol. The molecule has 2 nitrogen and oxygen atoms in total. The van der Waals surface area contributed by atoms with Gasteiger partial charge in [-0.15, -0.1) is 0 Å². The van der Waals surface area contributed by atoms with Crippen molar-refractivity contribution in [3.05, 3.63) is 53.3 Å². The molecular formula is C22H27FO2. The summed E-state index contributed by atoms with van der Waals surface area (Å²) in [6.45, 7) is 7.37. The van der Waals surface area contributed by atoms with Crippen LogP contribution in [0.2, 0.25) is 0 Å². The average Bonchev–Trinajstić information content (AvgIpc) is 2.61. The van der Waals surface area contributed by atoms with Crippen molar-refractivity contribution in [1.82, 2.24) is 0 Å². The number of rotatable bonds is 4. The number of aryl methyl sites for hydroxylation is 1. The molecule has 0 aromatic heterocycles. The summed E-state index contributed by atoms with van der Waals surface area (Å²) in [7, 11) is 1.60. The Morgan fingerprint density at radius 2 is 1.96 bits per heavy atom. The quantitative estimate of drug-likeness (QED) is 0.684. The number of hydrogen-bond donors (Lipinski definition) is 0. The fraction of sp³-hybridized carbons (Fsp3) is 0.455. The zero-order chi connectivity index (χ0) is 18.0. The van der Waals surface area contributed by atoms with E-state index in [1.807, 2.05) is 6.07 Å². The molecule has 134 valence electrons. The van der Waals surface area contributed by atoms with Crippen molar-refractivity contribution in [2.24, 2.45) is 5.41 Å². The molecule has 0 aliphatic carbocycles. The van der Waals surface area contributed by atoms with Crippen molar-refractivity contribution < 1.29 is 13.9 Å². The molecule has 0 spiro atoms. The lowest BCUT2D eigenvalue weighted by molar-refractivity contribution is -0.0697. The van der Waals surface area contributed by atoms with E-state index in [0.717, 1.165) is 37.0 Å². The van der Waals surface area contributed by atoms with Gasteiger partial charge in [-0.2, -0.15) is 0 Å². The van der Waals surface area contributed by atoms with Crippen LogP contribution in [0.4, 0.5) is 4.39 Å². The van der Waals surface area contributed by atoms with Gasteiger partial charge in [0.2, 0.25) is 0 Å². The van der Waals surface area contributed by atoms with Crippen LogP contribution in [0.25, 0.3) is 11.1 Å². The third-order valence-electron chi connectivity index (χ3n) is 5.23. The van der Waals surface area contributed by atoms with Crippen LogP contribution in [0.5, 0.6) is 5.75 Å². The van der Waals surface area contributed by atoms with Gasteiger partial charge in [0.1, 0.15) is 11.6 Å². The van der Waals surface area contributed by atoms with Crippen molar-refractivity contribution in [1.29, 1.82) is 0 Å². The highest BCUT2D eigenvalue weighted by atomic mass is 19.1. The number of hydrogen-bond acceptors (Lipinski definition) is 2. The van der Waals surface area contributed by atoms with E-state index in [4.69, 9.17) is 9.47 Å². The normalized spacial score (nSPS) is 19.6. The van der Waals surface area contributed by atoms with Gasteiger partial charge in [-0.05, 0) is 59.6 Å². The molecule has 3 heteroatoms. The Hall–Kier alpha value is -1.87. The fourth-order valence-corrected chi connectivity index (χ4v) is 3.73. The topological polar surface area (TPSA) is 18.5 Å². The Morgan fingerprint density at radius 3 is 2.64 bits per heavy atom. The molecule has 25 heavy (non-hydrogen) atoms. The van der Waals surface area contributed by atoms with Gasteiger partial charge < -0.3 is 9.47 Å². The van der Waals surface area contributed by atoms with Crippen molar-refractivity contribution in [2.45, 2.75) is 46.1 Å². The van der Waals surface area contributed by atoms with Gasteiger partial charge >= 0.3 is 0 Å². The maximum Gasteiger partial charge on any atom is 0.131 e. The summed E-state index contributed by atoms with van der Waals surface area (Å²) < 4.78 is 26.1. The lowest BCUT2D eigenvalue weighted by Gasteiger charge is -2.39. The van der Waals surface area contributed by atoms with E-state index in [1.165, 1.54) is 11.6 Å². The van der Waals surface area contributed by atoms with E-state index in [2.05, 4.69) is 32.9 Å². The van der Waals surface area contributed by atoms with Crippen LogP contribution in [0.15, 0.2) is 36.4 Å². The second-order valence-corrected chi connectivity index (χ2v) is 7.46. The zero-order valence-corrected chi connectivity index (χ0v) is 15.6. The second kappa shape index (κ2) is 7.17. The Bertz CT molecular complexity index is 752. The van der Waals surface area contributed by atoms with Crippen LogP contribution >= 0.6 is 0 Å². The van der Waals surface area contributed by atoms with Crippen LogP contribution in [-0.2, 0) is 11.2 Å². The molecule has 1 saturated heterocycles. The molecule has 1 aliphatic heterocycles. The van der Waals surface area contributed by atoms with E-state index >= 15 is 0 Å². The highest BCUT2D eigenvalue weighted by Gasteiger charge is 2.36. The third-order valence-corrected chi connectivity index (χ3v) is 5.23. The summed E-state index contributed by atoms with van der Waals surface area (Å²) in [6.07, 6.45) is 3.09. The van der Waals surface area contributed by atoms with Gasteiger partial charge in [0.05, 0.1) is 13.2 Å². The van der Waals surface area contributed by atoms with Gasteiger partial charge in [0, 0.05) is 12.2 Å². The van der Waals surface area contributed by atoms with E-state index in [1.54, 1.807) is 19.2 Å². The molecular weight excluding hydrogens is 315 g/mol. The molecule has 1 fully saturated rings. The molecule has 1 atom stereocenters. The Balaban J connectivity index is 2.17. The minimum atomic E-state index is -0.236. The van der Waals surface area contributed by atoms with Crippen LogP contribution in [0.3, 0.4) is 0 Å². The highest BCUT2D eigenvalue weighted by Crippen LogP contribution is 2.47. The zero-order valence-electron chi connectivity index (χ0n) is 15.6. The Morgan fingerprint density at radius 1 is 1.16 bits per heavy atom. The Labute approximate surface area is 150 Å². The van der Waals surface area contributed by atoms with Crippen LogP contribution in [0, 0.1) is 11.2 Å². The summed E-state index contributed by atoms with van der Waals surface area (Å²) >= 11 is 0. The molecule has 0 saturated carbocycles. The second-order valence-electron chi connectivity index (χ2n) is 7.46. The molecule has 1 heterocycles. The average molecular weight is 342 g/mol. The van der Waals surface area contributed by atoms with Crippen LogP contribution in [0.1, 0.15) is 50.8 Å². The molecule has 2 aromatic carbocycles. The molecule has 0 N–H and O–H groups in total. The summed E-state index contributed by atoms with van der Waals surface area (Å²) in [4.78, 5) is 0. The summed E-state index contributed by atoms with van der Waals surface area (Å²) in [5.41, 5.74) is 3.81. The van der Waals surface area contributed by atoms with Gasteiger partial charge in [0.15, 0.2) is 0 Å². The summed E-state index contributed by atoms with van der Waals surface area (Å²) in [5, 5.41) is 0. The SMILES string of the molecule is CCc1ccc(-c2cc(OC)ccc2F)c([C@H]2OCCCC2(C)C)c1. The third kappa shape index (κ3) is 3.57. The maximum absolute atomic E-state index is 14.6. The molecule has 2 aromatic rings. The Kier molecular flexibility index (Phi) is 5.14. The standard InChI is InChI=1S/C22H27FO2/c1-5-15-7-9-17(18-14-16(24-4)8-10-20(18)23)19(13-15)21-22(2,3)11-6-12-25-21/h7-10,13-14,21H,5-6,11-12H2,1-4H3/t21-/m1/s1. The van der Waals surface area contributed by atoms with Gasteiger partial charge in [-0.25, -0.2) is 4.39 Å². The number of methoxy groups -OCH3 is 1. The maximum atomic E-state index is 14.6. The monoisotopic (exact) mass is 342 g/mol. The first-order valence-electron chi connectivity index (χ1n) is 9.04. The first-order chi connectivity index (χ1) is 12.0. The van der Waals surface area contributed by atoms with Gasteiger partial charge in [-0.1, -0.05) is 39.0 Å². The summed E-state index contributed by atoms with van der Waals surface area (Å²) in [6, 6.07) is 11.2. The lowest BCUT2D eigenvalue weighted by atomic mass is 9.75. The van der Waals surface area contributed by atoms with E-state index < -0.39 is 0 Å². The van der Waals surface area contributed by atoms with E-state index in [9.17, 15) is 4.39 Å². The number of halogens is 1. The first-order valence-corrected chi connectivity index (χ1v) is 9.04. The molecule has 0 unspecified atom stereocenters. The molecule has 0 bridgehead atoms. The smallest absolute Gasteiger partial charge is 0.131 e. The molecule has 0 radical (unpaired) electrons. The molecule has 1 aliphatic rings. The number of benzene rings is 2. The lowest BCUT2D eigenvalue weighted by Crippen LogP contribution is -2.30. The van der Waals surface area contributed by atoms with Crippen LogP contribution < -0.4 is 4.74 Å². The van der Waals surface area contributed by atoms with Crippen molar-refractivity contribution in [3.8, 4) is 16.9 Å². The molecule has 3 rings (SSSR count). The van der Waals surface area contributed by atoms with Gasteiger partial charge in [-0.3, -0.25) is 0 Å². The minimum absolute atomic E-state index is 0.0225. The highest BCUT2D eigenvalue weighted by molar-refractivity contribution is 5.70. The summed E-state index contributed by atoms with van der Waals surface area (Å²) in [5.74, 6) is 0.422. The van der Waals surface area contributed by atoms with Crippen LogP contribution in [-0.4, -0.2) is 13.7 Å². The van der Waals surface area contributed by atoms with Crippen molar-refractivity contribution >= 4 is 0 Å². The van der Waals surface area contributed by atoms with Crippen molar-refractivity contribution in [2.75, 3.05) is 13.7 Å². The van der Waals surface area contributed by atoms with E-state index in [-0.39, 0.29) is 17.3 Å².